The van der Waals surface area contributed by atoms with E-state index in [0.717, 1.165) is 135 Å². The number of unbranched alkanes of at least 4 members (excludes halogenated alkanes) is 2. The largest absolute Gasteiger partial charge is 0.384 e. The van der Waals surface area contributed by atoms with E-state index in [9.17, 15) is 9.59 Å². The van der Waals surface area contributed by atoms with Gasteiger partial charge in [0.1, 0.15) is 29.1 Å². The Balaban J connectivity index is 0.948. The third-order valence-electron chi connectivity index (χ3n) is 10.2. The highest BCUT2D eigenvalue weighted by atomic mass is 16.5. The molecule has 2 amide bonds. The predicted molar refractivity (Wildman–Crippen MR) is 197 cm³/mol. The number of hydrogen-bond acceptors (Lipinski definition) is 10. The van der Waals surface area contributed by atoms with Crippen LogP contribution in [0.3, 0.4) is 0 Å². The molecule has 0 unspecified atom stereocenters. The number of anilines is 2. The summed E-state index contributed by atoms with van der Waals surface area (Å²) in [5, 5.41) is 5.84. The van der Waals surface area contributed by atoms with Crippen molar-refractivity contribution in [3.05, 3.63) is 34.2 Å². The van der Waals surface area contributed by atoms with Crippen LogP contribution in [0.15, 0.2) is 0 Å². The van der Waals surface area contributed by atoms with Crippen molar-refractivity contribution >= 4 is 45.5 Å². The van der Waals surface area contributed by atoms with Gasteiger partial charge in [0.15, 0.2) is 11.6 Å². The van der Waals surface area contributed by atoms with Gasteiger partial charge in [0.2, 0.25) is 11.8 Å². The summed E-state index contributed by atoms with van der Waals surface area (Å²) < 4.78 is 15.3. The van der Waals surface area contributed by atoms with E-state index in [2.05, 4.69) is 29.7 Å². The fraction of sp³-hybridized carbons (Fsp3) is 0.622. The maximum Gasteiger partial charge on any atom is 0.229 e. The second kappa shape index (κ2) is 17.3. The van der Waals surface area contributed by atoms with Crippen molar-refractivity contribution in [1.29, 1.82) is 0 Å². The number of fused-ring (bicyclic) bond motifs is 6. The molecular formula is C37H54N10O4. The molecule has 14 heteroatoms. The second-order valence-electron chi connectivity index (χ2n) is 13.8. The molecule has 0 aromatic carbocycles. The van der Waals surface area contributed by atoms with Gasteiger partial charge in [-0.15, -0.1) is 0 Å². The maximum absolute atomic E-state index is 12.6. The summed E-state index contributed by atoms with van der Waals surface area (Å²) in [7, 11) is 3.39. The third kappa shape index (κ3) is 8.44. The quantitative estimate of drug-likeness (QED) is 0.0884. The van der Waals surface area contributed by atoms with E-state index in [0.29, 0.717) is 50.8 Å². The van der Waals surface area contributed by atoms with Crippen LogP contribution < -0.4 is 22.1 Å². The number of rotatable bonds is 18. The first kappa shape index (κ1) is 36.5. The van der Waals surface area contributed by atoms with Crippen LogP contribution in [0, 0.1) is 0 Å². The second-order valence-corrected chi connectivity index (χ2v) is 13.8. The number of nitrogens with one attached hydrogen (secondary N) is 2. The molecule has 0 bridgehead atoms. The van der Waals surface area contributed by atoms with Gasteiger partial charge >= 0.3 is 0 Å². The zero-order chi connectivity index (χ0) is 35.7. The summed E-state index contributed by atoms with van der Waals surface area (Å²) in [6, 6.07) is 0. The number of ether oxygens (including phenoxy) is 2. The van der Waals surface area contributed by atoms with Crippen molar-refractivity contribution in [3.8, 4) is 0 Å². The monoisotopic (exact) mass is 702 g/mol. The molecule has 2 aliphatic rings. The lowest BCUT2D eigenvalue weighted by Gasteiger charge is -2.18. The Kier molecular flexibility index (Phi) is 12.4. The van der Waals surface area contributed by atoms with Gasteiger partial charge < -0.3 is 40.7 Å². The van der Waals surface area contributed by atoms with Gasteiger partial charge in [-0.3, -0.25) is 9.59 Å². The highest BCUT2D eigenvalue weighted by Crippen LogP contribution is 2.33. The number of nitrogens with zero attached hydrogens (tertiary/aromatic N) is 6. The third-order valence-corrected chi connectivity index (χ3v) is 10.2. The summed E-state index contributed by atoms with van der Waals surface area (Å²) in [6.07, 6.45) is 12.8. The molecular weight excluding hydrogens is 648 g/mol. The Morgan fingerprint density at radius 1 is 0.647 bits per heavy atom. The van der Waals surface area contributed by atoms with Gasteiger partial charge in [0, 0.05) is 64.6 Å². The van der Waals surface area contributed by atoms with Crippen molar-refractivity contribution in [3.63, 3.8) is 0 Å². The lowest BCUT2D eigenvalue weighted by atomic mass is 9.95. The number of imidazole rings is 2. The van der Waals surface area contributed by atoms with Crippen LogP contribution >= 0.6 is 0 Å². The van der Waals surface area contributed by atoms with Gasteiger partial charge in [0.05, 0.1) is 24.2 Å². The van der Waals surface area contributed by atoms with Crippen molar-refractivity contribution < 1.29 is 19.1 Å². The number of aryl methyl sites for hydroxylation is 6. The highest BCUT2D eigenvalue weighted by molar-refractivity contribution is 5.96. The van der Waals surface area contributed by atoms with Gasteiger partial charge in [-0.05, 0) is 88.2 Å². The van der Waals surface area contributed by atoms with E-state index >= 15 is 0 Å². The molecule has 4 heterocycles. The Labute approximate surface area is 299 Å². The van der Waals surface area contributed by atoms with E-state index in [1.54, 1.807) is 14.2 Å². The molecule has 0 saturated carbocycles. The van der Waals surface area contributed by atoms with Crippen LogP contribution in [0.4, 0.5) is 11.6 Å². The molecule has 4 aromatic rings. The molecule has 0 radical (unpaired) electrons. The molecule has 0 fully saturated rings. The molecule has 0 spiro atoms. The molecule has 0 saturated heterocycles. The van der Waals surface area contributed by atoms with Crippen LogP contribution in [0.5, 0.6) is 0 Å². The molecule has 276 valence electrons. The number of carbonyl (C=O) groups excluding carboxylic acids is 2. The number of aromatic nitrogens is 6. The number of nitrogens with two attached hydrogens (primary N) is 2. The van der Waals surface area contributed by atoms with E-state index < -0.39 is 0 Å². The number of carbonyl (C=O) groups is 2. The average molecular weight is 703 g/mol. The van der Waals surface area contributed by atoms with Crippen molar-refractivity contribution in [1.82, 2.24) is 39.7 Å². The molecule has 6 rings (SSSR count). The van der Waals surface area contributed by atoms with Gasteiger partial charge in [-0.1, -0.05) is 0 Å². The van der Waals surface area contributed by atoms with Crippen LogP contribution in [0.2, 0.25) is 0 Å². The van der Waals surface area contributed by atoms with Crippen LogP contribution in [-0.4, -0.2) is 81.4 Å². The minimum Gasteiger partial charge on any atom is -0.384 e. The van der Waals surface area contributed by atoms with Gasteiger partial charge in [0.25, 0.3) is 0 Å². The number of nitrogen functional groups attached to an aromatic ring is 2. The molecule has 4 aromatic heterocycles. The molecule has 2 aliphatic carbocycles. The lowest BCUT2D eigenvalue weighted by molar-refractivity contribution is -0.129. The zero-order valence-electron chi connectivity index (χ0n) is 30.3. The number of pyridine rings is 2. The molecule has 51 heavy (non-hydrogen) atoms. The maximum atomic E-state index is 12.6. The van der Waals surface area contributed by atoms with E-state index in [4.69, 9.17) is 30.9 Å². The van der Waals surface area contributed by atoms with Crippen molar-refractivity contribution in [2.24, 2.45) is 0 Å². The summed E-state index contributed by atoms with van der Waals surface area (Å²) in [5.41, 5.74) is 21.2. The number of methoxy groups -OCH3 is 2. The van der Waals surface area contributed by atoms with Gasteiger partial charge in [-0.25, -0.2) is 19.9 Å². The highest BCUT2D eigenvalue weighted by Gasteiger charge is 2.24. The molecule has 14 nitrogen and oxygen atoms in total. The zero-order valence-corrected chi connectivity index (χ0v) is 30.3. The summed E-state index contributed by atoms with van der Waals surface area (Å²) >= 11 is 0. The first-order valence-corrected chi connectivity index (χ1v) is 18.7. The Morgan fingerprint density at radius 2 is 1.08 bits per heavy atom. The van der Waals surface area contributed by atoms with Crippen LogP contribution in [0.25, 0.3) is 22.1 Å². The molecule has 6 N–H and O–H groups in total. The average Bonchev–Trinajstić information content (AvgIpc) is 3.69. The standard InChI is InChI=1S/C37H54N10O4/c1-50-21-15-28-44-32-34(24-11-3-5-13-26(24)42-36(32)38)46(28)19-9-7-17-40-30(48)23-31(49)41-18-8-10-20-47-29(16-22-51-2)45-33-35(47)25-12-4-6-14-27(25)43-37(33)39/h3-23H2,1-2H3,(H2,38,42)(H2,39,43)(H,40,48)(H,41,49). The van der Waals surface area contributed by atoms with E-state index in [1.807, 2.05) is 0 Å². The predicted octanol–water partition coefficient (Wildman–Crippen LogP) is 3.36. The van der Waals surface area contributed by atoms with Crippen LogP contribution in [0.1, 0.15) is 92.0 Å². The fourth-order valence-electron chi connectivity index (χ4n) is 7.67. The summed E-state index contributed by atoms with van der Waals surface area (Å²) in [6.45, 7) is 3.67. The summed E-state index contributed by atoms with van der Waals surface area (Å²) in [5.74, 6) is 2.36. The van der Waals surface area contributed by atoms with Crippen molar-refractivity contribution in [2.75, 3.05) is 52.0 Å². The van der Waals surface area contributed by atoms with E-state index in [1.165, 1.54) is 11.1 Å². The number of hydrogen-bond donors (Lipinski definition) is 4. The van der Waals surface area contributed by atoms with E-state index in [-0.39, 0.29) is 18.2 Å². The number of amides is 2. The lowest BCUT2D eigenvalue weighted by Crippen LogP contribution is -2.33. The SMILES string of the molecule is COCCc1nc2c(N)nc3c(c2n1CCCCNC(=O)CC(=O)NCCCCn1c(CCOC)nc2c(N)nc4c(c21)CCCC4)CCCC3. The topological polar surface area (TPSA) is 190 Å². The minimum atomic E-state index is -0.266. The smallest absolute Gasteiger partial charge is 0.229 e. The fourth-order valence-corrected chi connectivity index (χ4v) is 7.67. The molecule has 0 aliphatic heterocycles. The molecule has 0 atom stereocenters. The first-order chi connectivity index (χ1) is 24.9. The Hall–Kier alpha value is -4.30. The minimum absolute atomic E-state index is 0.183. The Morgan fingerprint density at radius 3 is 1.51 bits per heavy atom. The van der Waals surface area contributed by atoms with Crippen molar-refractivity contribution in [2.45, 2.75) is 109 Å². The van der Waals surface area contributed by atoms with Crippen LogP contribution in [-0.2, 0) is 70.7 Å². The normalized spacial score (nSPS) is 14.2. The first-order valence-electron chi connectivity index (χ1n) is 18.7. The van der Waals surface area contributed by atoms with Gasteiger partial charge in [-0.2, -0.15) is 0 Å². The Bertz CT molecular complexity index is 1720. The summed E-state index contributed by atoms with van der Waals surface area (Å²) in [4.78, 5) is 44.3.